The van der Waals surface area contributed by atoms with Gasteiger partial charge in [-0.2, -0.15) is 5.10 Å². The van der Waals surface area contributed by atoms with Crippen molar-refractivity contribution in [1.82, 2.24) is 19.7 Å². The molecule has 1 N–H and O–H groups in total. The Kier molecular flexibility index (Phi) is 2.72. The van der Waals surface area contributed by atoms with Crippen LogP contribution in [0.1, 0.15) is 0 Å². The first kappa shape index (κ1) is 10.4. The molecule has 0 spiro atoms. The first-order valence-corrected chi connectivity index (χ1v) is 4.90. The molecule has 0 fully saturated rings. The summed E-state index contributed by atoms with van der Waals surface area (Å²) in [6.45, 7) is 0. The van der Waals surface area contributed by atoms with Crippen LogP contribution in [-0.4, -0.2) is 33.8 Å². The molecule has 0 aliphatic rings. The minimum absolute atomic E-state index is 0.756. The van der Waals surface area contributed by atoms with Crippen LogP contribution in [-0.2, 0) is 7.05 Å². The highest BCUT2D eigenvalue weighted by Gasteiger charge is 2.01. The van der Waals surface area contributed by atoms with Crippen molar-refractivity contribution in [2.24, 2.45) is 7.05 Å². The lowest BCUT2D eigenvalue weighted by Crippen LogP contribution is -2.11. The van der Waals surface area contributed by atoms with Crippen molar-refractivity contribution in [2.75, 3.05) is 24.3 Å². The highest BCUT2D eigenvalue weighted by Crippen LogP contribution is 2.16. The fourth-order valence-corrected chi connectivity index (χ4v) is 1.29. The molecule has 0 aliphatic carbocycles. The van der Waals surface area contributed by atoms with Crippen molar-refractivity contribution >= 4 is 17.3 Å². The Morgan fingerprint density at radius 2 is 2.12 bits per heavy atom. The predicted octanol–water partition coefficient (Wildman–Crippen LogP) is 1.02. The number of aryl methyl sites for hydroxylation is 1. The van der Waals surface area contributed by atoms with E-state index >= 15 is 0 Å². The molecule has 0 saturated carbocycles. The van der Waals surface area contributed by atoms with Crippen LogP contribution in [0.4, 0.5) is 17.3 Å². The third kappa shape index (κ3) is 2.28. The van der Waals surface area contributed by atoms with Gasteiger partial charge < -0.3 is 10.2 Å². The van der Waals surface area contributed by atoms with Crippen molar-refractivity contribution in [3.63, 3.8) is 0 Å². The van der Waals surface area contributed by atoms with Crippen LogP contribution in [0.15, 0.2) is 24.8 Å². The van der Waals surface area contributed by atoms with Gasteiger partial charge >= 0.3 is 0 Å². The zero-order valence-electron chi connectivity index (χ0n) is 9.55. The van der Waals surface area contributed by atoms with Crippen molar-refractivity contribution < 1.29 is 0 Å². The van der Waals surface area contributed by atoms with Crippen molar-refractivity contribution in [3.05, 3.63) is 24.8 Å². The topological polar surface area (TPSA) is 58.9 Å². The first-order valence-electron chi connectivity index (χ1n) is 4.90. The molecule has 16 heavy (non-hydrogen) atoms. The highest BCUT2D eigenvalue weighted by atomic mass is 15.3. The molecular weight excluding hydrogens is 204 g/mol. The quantitative estimate of drug-likeness (QED) is 0.833. The predicted molar refractivity (Wildman–Crippen MR) is 62.8 cm³/mol. The van der Waals surface area contributed by atoms with Crippen LogP contribution >= 0.6 is 0 Å². The van der Waals surface area contributed by atoms with E-state index < -0.39 is 0 Å². The summed E-state index contributed by atoms with van der Waals surface area (Å²) in [5.41, 5.74) is 0.908. The fraction of sp³-hybridized carbons (Fsp3) is 0.300. The van der Waals surface area contributed by atoms with Gasteiger partial charge in [-0.25, -0.2) is 9.97 Å². The number of nitrogens with one attached hydrogen (secondary N) is 1. The van der Waals surface area contributed by atoms with E-state index in [1.165, 1.54) is 6.33 Å². The molecule has 6 heteroatoms. The molecule has 6 nitrogen and oxygen atoms in total. The first-order chi connectivity index (χ1) is 7.65. The molecule has 2 heterocycles. The number of nitrogens with zero attached hydrogens (tertiary/aromatic N) is 5. The van der Waals surface area contributed by atoms with Gasteiger partial charge in [0.15, 0.2) is 0 Å². The van der Waals surface area contributed by atoms with E-state index in [2.05, 4.69) is 20.4 Å². The standard InChI is InChI=1S/C10H14N6/c1-15(2)10-4-9(11-7-12-10)14-8-5-13-16(3)6-8/h4-7H,1-3H3,(H,11,12,14). The van der Waals surface area contributed by atoms with E-state index in [-0.39, 0.29) is 0 Å². The number of aromatic nitrogens is 4. The van der Waals surface area contributed by atoms with Gasteiger partial charge in [-0.1, -0.05) is 0 Å². The lowest BCUT2D eigenvalue weighted by Gasteiger charge is -2.11. The van der Waals surface area contributed by atoms with Crippen molar-refractivity contribution in [3.8, 4) is 0 Å². The summed E-state index contributed by atoms with van der Waals surface area (Å²) in [5, 5.41) is 7.23. The second-order valence-electron chi connectivity index (χ2n) is 3.68. The van der Waals surface area contributed by atoms with E-state index in [1.54, 1.807) is 10.9 Å². The summed E-state index contributed by atoms with van der Waals surface area (Å²) >= 11 is 0. The largest absolute Gasteiger partial charge is 0.363 e. The summed E-state index contributed by atoms with van der Waals surface area (Å²) < 4.78 is 1.73. The van der Waals surface area contributed by atoms with Crippen LogP contribution in [0, 0.1) is 0 Å². The van der Waals surface area contributed by atoms with Gasteiger partial charge in [0, 0.05) is 33.4 Å². The third-order valence-corrected chi connectivity index (χ3v) is 2.09. The number of anilines is 3. The third-order valence-electron chi connectivity index (χ3n) is 2.09. The molecule has 2 aromatic rings. The normalized spacial score (nSPS) is 10.2. The maximum atomic E-state index is 4.14. The zero-order chi connectivity index (χ0) is 11.5. The Labute approximate surface area is 93.9 Å². The van der Waals surface area contributed by atoms with Gasteiger partial charge in [0.05, 0.1) is 11.9 Å². The SMILES string of the molecule is CN(C)c1cc(Nc2cnn(C)c2)ncn1. The van der Waals surface area contributed by atoms with Gasteiger partial charge in [0.2, 0.25) is 0 Å². The Bertz CT molecular complexity index is 476. The highest BCUT2D eigenvalue weighted by molar-refractivity contribution is 5.57. The molecule has 2 rings (SSSR count). The van der Waals surface area contributed by atoms with Crippen molar-refractivity contribution in [2.45, 2.75) is 0 Å². The van der Waals surface area contributed by atoms with Gasteiger partial charge in [0.1, 0.15) is 18.0 Å². The summed E-state index contributed by atoms with van der Waals surface area (Å²) in [5.74, 6) is 1.62. The Hall–Kier alpha value is -2.11. The number of rotatable bonds is 3. The summed E-state index contributed by atoms with van der Waals surface area (Å²) in [4.78, 5) is 10.2. The van der Waals surface area contributed by atoms with E-state index in [1.807, 2.05) is 38.3 Å². The molecular formula is C10H14N6. The van der Waals surface area contributed by atoms with Crippen LogP contribution in [0.3, 0.4) is 0 Å². The molecule has 0 radical (unpaired) electrons. The van der Waals surface area contributed by atoms with Crippen LogP contribution in [0.5, 0.6) is 0 Å². The Balaban J connectivity index is 2.18. The lowest BCUT2D eigenvalue weighted by molar-refractivity contribution is 0.768. The molecule has 0 amide bonds. The molecule has 2 aromatic heterocycles. The molecule has 0 atom stereocenters. The maximum Gasteiger partial charge on any atom is 0.135 e. The molecule has 0 bridgehead atoms. The van der Waals surface area contributed by atoms with E-state index in [4.69, 9.17) is 0 Å². The zero-order valence-corrected chi connectivity index (χ0v) is 9.55. The lowest BCUT2D eigenvalue weighted by atomic mass is 10.4. The Morgan fingerprint density at radius 3 is 2.75 bits per heavy atom. The molecule has 0 aliphatic heterocycles. The maximum absolute atomic E-state index is 4.14. The summed E-state index contributed by atoms with van der Waals surface area (Å²) in [6, 6.07) is 1.88. The number of hydrogen-bond donors (Lipinski definition) is 1. The number of hydrogen-bond acceptors (Lipinski definition) is 5. The average molecular weight is 218 g/mol. The van der Waals surface area contributed by atoms with Gasteiger partial charge in [0.25, 0.3) is 0 Å². The molecule has 0 saturated heterocycles. The van der Waals surface area contributed by atoms with Crippen LogP contribution in [0.2, 0.25) is 0 Å². The van der Waals surface area contributed by atoms with E-state index in [0.717, 1.165) is 17.3 Å². The van der Waals surface area contributed by atoms with Crippen LogP contribution < -0.4 is 10.2 Å². The second kappa shape index (κ2) is 4.18. The fourth-order valence-electron chi connectivity index (χ4n) is 1.29. The monoisotopic (exact) mass is 218 g/mol. The van der Waals surface area contributed by atoms with Gasteiger partial charge in [-0.15, -0.1) is 0 Å². The van der Waals surface area contributed by atoms with Crippen molar-refractivity contribution in [1.29, 1.82) is 0 Å². The molecule has 0 aromatic carbocycles. The minimum atomic E-state index is 0.756. The van der Waals surface area contributed by atoms with E-state index in [9.17, 15) is 0 Å². The second-order valence-corrected chi connectivity index (χ2v) is 3.68. The van der Waals surface area contributed by atoms with Crippen LogP contribution in [0.25, 0.3) is 0 Å². The van der Waals surface area contributed by atoms with Gasteiger partial charge in [-0.3, -0.25) is 4.68 Å². The van der Waals surface area contributed by atoms with Gasteiger partial charge in [-0.05, 0) is 0 Å². The summed E-state index contributed by atoms with van der Waals surface area (Å²) in [7, 11) is 5.75. The minimum Gasteiger partial charge on any atom is -0.363 e. The summed E-state index contributed by atoms with van der Waals surface area (Å²) in [6.07, 6.45) is 5.17. The Morgan fingerprint density at radius 1 is 1.31 bits per heavy atom. The molecule has 84 valence electrons. The molecule has 0 unspecified atom stereocenters. The average Bonchev–Trinajstić information content (AvgIpc) is 2.64. The smallest absolute Gasteiger partial charge is 0.135 e. The van der Waals surface area contributed by atoms with E-state index in [0.29, 0.717) is 0 Å².